The Hall–Kier alpha value is -1.85. The third-order valence-electron chi connectivity index (χ3n) is 3.79. The first-order valence-corrected chi connectivity index (χ1v) is 5.86. The summed E-state index contributed by atoms with van der Waals surface area (Å²) >= 11 is 0. The summed E-state index contributed by atoms with van der Waals surface area (Å²) in [5.74, 6) is -1.26. The van der Waals surface area contributed by atoms with E-state index in [1.54, 1.807) is 0 Å². The topological polar surface area (TPSA) is 60.3 Å². The Kier molecular flexibility index (Phi) is 2.23. The maximum Gasteiger partial charge on any atom is 0.354 e. The van der Waals surface area contributed by atoms with Gasteiger partial charge < -0.3 is 14.6 Å². The lowest BCUT2D eigenvalue weighted by molar-refractivity contribution is -0.127. The van der Waals surface area contributed by atoms with Gasteiger partial charge in [0.2, 0.25) is 5.91 Å². The van der Waals surface area contributed by atoms with Gasteiger partial charge in [0, 0.05) is 6.07 Å². The average Bonchev–Trinajstić information content (AvgIpc) is 2.63. The van der Waals surface area contributed by atoms with Crippen LogP contribution in [0.15, 0.2) is 6.07 Å². The third kappa shape index (κ3) is 1.31. The number of rotatable bonds is 1. The SMILES string of the molecule is COC(=O)c1cc(F)c2n1CC(=O)NC21CCC1. The highest BCUT2D eigenvalue weighted by atomic mass is 19.1. The Bertz CT molecular complexity index is 546. The number of hydrogen-bond acceptors (Lipinski definition) is 3. The second-order valence-corrected chi connectivity index (χ2v) is 4.79. The monoisotopic (exact) mass is 252 g/mol. The van der Waals surface area contributed by atoms with Crippen LogP contribution >= 0.6 is 0 Å². The maximum absolute atomic E-state index is 14.1. The molecule has 0 unspecified atom stereocenters. The molecule has 1 amide bonds. The second kappa shape index (κ2) is 3.57. The number of methoxy groups -OCH3 is 1. The van der Waals surface area contributed by atoms with Gasteiger partial charge in [0.1, 0.15) is 18.1 Å². The molecule has 0 saturated heterocycles. The fourth-order valence-electron chi connectivity index (χ4n) is 2.84. The molecule has 0 radical (unpaired) electrons. The molecule has 0 aromatic carbocycles. The van der Waals surface area contributed by atoms with E-state index in [2.05, 4.69) is 10.1 Å². The Labute approximate surface area is 103 Å². The number of nitrogens with zero attached hydrogens (tertiary/aromatic N) is 1. The summed E-state index contributed by atoms with van der Waals surface area (Å²) in [6.07, 6.45) is 2.36. The first-order valence-electron chi connectivity index (χ1n) is 5.86. The van der Waals surface area contributed by atoms with Crippen LogP contribution in [0.1, 0.15) is 35.4 Å². The Morgan fingerprint density at radius 1 is 1.56 bits per heavy atom. The number of ether oxygens (including phenoxy) is 1. The zero-order valence-corrected chi connectivity index (χ0v) is 9.96. The number of nitrogens with one attached hydrogen (secondary N) is 1. The molecule has 1 saturated carbocycles. The Morgan fingerprint density at radius 2 is 2.28 bits per heavy atom. The van der Waals surface area contributed by atoms with Crippen LogP contribution in [0.4, 0.5) is 4.39 Å². The van der Waals surface area contributed by atoms with Crippen LogP contribution in [0.3, 0.4) is 0 Å². The van der Waals surface area contributed by atoms with Gasteiger partial charge in [0.05, 0.1) is 18.3 Å². The summed E-state index contributed by atoms with van der Waals surface area (Å²) in [6.45, 7) is -0.0363. The van der Waals surface area contributed by atoms with Crippen LogP contribution in [-0.2, 0) is 21.6 Å². The van der Waals surface area contributed by atoms with Gasteiger partial charge in [-0.25, -0.2) is 9.18 Å². The summed E-state index contributed by atoms with van der Waals surface area (Å²) in [7, 11) is 1.24. The minimum atomic E-state index is -0.621. The van der Waals surface area contributed by atoms with E-state index in [4.69, 9.17) is 0 Å². The first-order chi connectivity index (χ1) is 8.57. The number of hydrogen-bond donors (Lipinski definition) is 1. The van der Waals surface area contributed by atoms with Gasteiger partial charge in [-0.2, -0.15) is 0 Å². The average molecular weight is 252 g/mol. The van der Waals surface area contributed by atoms with Crippen LogP contribution in [0.25, 0.3) is 0 Å². The van der Waals surface area contributed by atoms with E-state index in [1.165, 1.54) is 11.7 Å². The molecule has 1 spiro atoms. The van der Waals surface area contributed by atoms with Crippen molar-refractivity contribution < 1.29 is 18.7 Å². The molecule has 1 aliphatic heterocycles. The van der Waals surface area contributed by atoms with Crippen LogP contribution in [0.2, 0.25) is 0 Å². The first kappa shape index (κ1) is 11.3. The van der Waals surface area contributed by atoms with Crippen molar-refractivity contribution in [2.45, 2.75) is 31.3 Å². The lowest BCUT2D eigenvalue weighted by Crippen LogP contribution is -2.57. The molecule has 96 valence electrons. The minimum Gasteiger partial charge on any atom is -0.464 e. The summed E-state index contributed by atoms with van der Waals surface area (Å²) in [6, 6.07) is 1.15. The van der Waals surface area contributed by atoms with Crippen molar-refractivity contribution in [2.75, 3.05) is 7.11 Å². The molecule has 3 rings (SSSR count). The Balaban J connectivity index is 2.17. The molecule has 0 bridgehead atoms. The molecule has 18 heavy (non-hydrogen) atoms. The summed E-state index contributed by atoms with van der Waals surface area (Å²) in [4.78, 5) is 23.3. The molecule has 1 aromatic heterocycles. The van der Waals surface area contributed by atoms with Crippen molar-refractivity contribution in [3.8, 4) is 0 Å². The van der Waals surface area contributed by atoms with Crippen molar-refractivity contribution in [1.29, 1.82) is 0 Å². The molecule has 5 nitrogen and oxygen atoms in total. The number of esters is 1. The standard InChI is InChI=1S/C12H13FN2O3/c1-18-11(17)8-5-7(13)10-12(3-2-4-12)14-9(16)6-15(8)10/h5H,2-4,6H2,1H3,(H,14,16). The van der Waals surface area contributed by atoms with Gasteiger partial charge in [-0.1, -0.05) is 0 Å². The largest absolute Gasteiger partial charge is 0.464 e. The van der Waals surface area contributed by atoms with E-state index < -0.39 is 17.3 Å². The van der Waals surface area contributed by atoms with Crippen LogP contribution in [-0.4, -0.2) is 23.6 Å². The molecular weight excluding hydrogens is 239 g/mol. The van der Waals surface area contributed by atoms with Crippen molar-refractivity contribution in [3.05, 3.63) is 23.3 Å². The van der Waals surface area contributed by atoms with Gasteiger partial charge in [0.15, 0.2) is 0 Å². The molecule has 2 heterocycles. The van der Waals surface area contributed by atoms with Gasteiger partial charge in [-0.05, 0) is 19.3 Å². The van der Waals surface area contributed by atoms with E-state index >= 15 is 0 Å². The summed E-state index contributed by atoms with van der Waals surface area (Å²) < 4.78 is 20.1. The molecule has 1 fully saturated rings. The zero-order valence-electron chi connectivity index (χ0n) is 9.96. The zero-order chi connectivity index (χ0) is 12.9. The quantitative estimate of drug-likeness (QED) is 0.756. The normalized spacial score (nSPS) is 20.0. The highest BCUT2D eigenvalue weighted by molar-refractivity contribution is 5.89. The van der Waals surface area contributed by atoms with Crippen molar-refractivity contribution in [3.63, 3.8) is 0 Å². The smallest absolute Gasteiger partial charge is 0.354 e. The number of amides is 1. The van der Waals surface area contributed by atoms with E-state index in [9.17, 15) is 14.0 Å². The highest BCUT2D eigenvalue weighted by Crippen LogP contribution is 2.44. The number of carbonyl (C=O) groups is 2. The summed E-state index contributed by atoms with van der Waals surface area (Å²) in [5.41, 5.74) is -0.106. The molecule has 2 aliphatic rings. The summed E-state index contributed by atoms with van der Waals surface area (Å²) in [5, 5.41) is 2.84. The van der Waals surface area contributed by atoms with Gasteiger partial charge >= 0.3 is 5.97 Å². The van der Waals surface area contributed by atoms with E-state index in [-0.39, 0.29) is 18.1 Å². The number of fused-ring (bicyclic) bond motifs is 2. The van der Waals surface area contributed by atoms with Crippen molar-refractivity contribution in [2.24, 2.45) is 0 Å². The predicted octanol–water partition coefficient (Wildman–Crippen LogP) is 0.923. The maximum atomic E-state index is 14.1. The van der Waals surface area contributed by atoms with Crippen molar-refractivity contribution >= 4 is 11.9 Å². The lowest BCUT2D eigenvalue weighted by Gasteiger charge is -2.45. The Morgan fingerprint density at radius 3 is 2.83 bits per heavy atom. The van der Waals surface area contributed by atoms with Crippen molar-refractivity contribution in [1.82, 2.24) is 9.88 Å². The third-order valence-corrected chi connectivity index (χ3v) is 3.79. The molecule has 1 N–H and O–H groups in total. The van der Waals surface area contributed by atoms with E-state index in [1.807, 2.05) is 0 Å². The molecule has 1 aromatic rings. The number of halogens is 1. The van der Waals surface area contributed by atoms with Gasteiger partial charge in [0.25, 0.3) is 0 Å². The number of carbonyl (C=O) groups excluding carboxylic acids is 2. The van der Waals surface area contributed by atoms with E-state index in [0.717, 1.165) is 12.5 Å². The van der Waals surface area contributed by atoms with Gasteiger partial charge in [-0.15, -0.1) is 0 Å². The molecular formula is C12H13FN2O3. The second-order valence-electron chi connectivity index (χ2n) is 4.79. The molecule has 1 aliphatic carbocycles. The fraction of sp³-hybridized carbons (Fsp3) is 0.500. The molecule has 6 heteroatoms. The minimum absolute atomic E-state index is 0.0363. The highest BCUT2D eigenvalue weighted by Gasteiger charge is 2.48. The van der Waals surface area contributed by atoms with Crippen LogP contribution in [0, 0.1) is 5.82 Å². The van der Waals surface area contributed by atoms with E-state index in [0.29, 0.717) is 18.5 Å². The lowest BCUT2D eigenvalue weighted by atomic mass is 9.73. The number of aromatic nitrogens is 1. The van der Waals surface area contributed by atoms with Crippen LogP contribution < -0.4 is 5.32 Å². The predicted molar refractivity (Wildman–Crippen MR) is 59.4 cm³/mol. The fourth-order valence-corrected chi connectivity index (χ4v) is 2.84. The molecule has 0 atom stereocenters. The van der Waals surface area contributed by atoms with Crippen LogP contribution in [0.5, 0.6) is 0 Å². The van der Waals surface area contributed by atoms with Gasteiger partial charge in [-0.3, -0.25) is 4.79 Å².